The van der Waals surface area contributed by atoms with Crippen LogP contribution in [-0.2, 0) is 0 Å². The fourth-order valence-corrected chi connectivity index (χ4v) is 1.60. The minimum absolute atomic E-state index is 0.146. The number of hydrogen-bond donors (Lipinski definition) is 2. The summed E-state index contributed by atoms with van der Waals surface area (Å²) < 4.78 is 0. The summed E-state index contributed by atoms with van der Waals surface area (Å²) in [5.74, 6) is -1.02. The van der Waals surface area contributed by atoms with E-state index in [-0.39, 0.29) is 11.6 Å². The molecule has 19 heavy (non-hydrogen) atoms. The summed E-state index contributed by atoms with van der Waals surface area (Å²) in [6.45, 7) is 8.26. The van der Waals surface area contributed by atoms with E-state index >= 15 is 0 Å². The molecule has 0 atom stereocenters. The van der Waals surface area contributed by atoms with Crippen molar-refractivity contribution in [3.05, 3.63) is 42.0 Å². The molecule has 1 aromatic carbocycles. The Kier molecular flexibility index (Phi) is 5.11. The molecule has 2 amide bonds. The molecule has 0 radical (unpaired) electrons. The Balaban J connectivity index is 2.91. The molecule has 0 heterocycles. The zero-order valence-corrected chi connectivity index (χ0v) is 11.1. The van der Waals surface area contributed by atoms with E-state index in [9.17, 15) is 9.59 Å². The van der Waals surface area contributed by atoms with Gasteiger partial charge in [-0.1, -0.05) is 12.1 Å². The molecule has 0 spiro atoms. The highest BCUT2D eigenvalue weighted by Crippen LogP contribution is 2.17. The van der Waals surface area contributed by atoms with Gasteiger partial charge in [0.25, 0.3) is 0 Å². The Morgan fingerprint density at radius 1 is 1.47 bits per heavy atom. The first-order valence-corrected chi connectivity index (χ1v) is 6.00. The fraction of sp³-hybridized carbons (Fsp3) is 0.286. The summed E-state index contributed by atoms with van der Waals surface area (Å²) in [4.78, 5) is 24.5. The number of urea groups is 1. The lowest BCUT2D eigenvalue weighted by molar-refractivity contribution is 0.0697. The molecule has 0 aliphatic heterocycles. The number of nitrogens with one attached hydrogen (secondary N) is 1. The molecule has 0 aromatic heterocycles. The standard InChI is InChI=1S/C14H18N2O3/c1-4-8-16(5-2)14(19)15-12-9-11(13(17)18)7-6-10(12)3/h4,6-7,9H,1,5,8H2,2-3H3,(H,15,19)(H,17,18). The molecule has 0 saturated heterocycles. The number of carbonyl (C=O) groups is 2. The van der Waals surface area contributed by atoms with Crippen LogP contribution in [0.15, 0.2) is 30.9 Å². The summed E-state index contributed by atoms with van der Waals surface area (Å²) in [5.41, 5.74) is 1.47. The van der Waals surface area contributed by atoms with Gasteiger partial charge in [-0.25, -0.2) is 9.59 Å². The van der Waals surface area contributed by atoms with Gasteiger partial charge in [0, 0.05) is 18.8 Å². The van der Waals surface area contributed by atoms with Gasteiger partial charge in [0.05, 0.1) is 5.56 Å². The van der Waals surface area contributed by atoms with Crippen LogP contribution < -0.4 is 5.32 Å². The average Bonchev–Trinajstić information content (AvgIpc) is 2.38. The van der Waals surface area contributed by atoms with Crippen LogP contribution in [0.4, 0.5) is 10.5 Å². The van der Waals surface area contributed by atoms with Crippen LogP contribution in [-0.4, -0.2) is 35.1 Å². The SMILES string of the molecule is C=CCN(CC)C(=O)Nc1cc(C(=O)O)ccc1C. The fourth-order valence-electron chi connectivity index (χ4n) is 1.60. The molecule has 0 aliphatic carbocycles. The zero-order chi connectivity index (χ0) is 14.4. The van der Waals surface area contributed by atoms with Gasteiger partial charge in [-0.15, -0.1) is 6.58 Å². The maximum absolute atomic E-state index is 12.0. The third-order valence-corrected chi connectivity index (χ3v) is 2.74. The topological polar surface area (TPSA) is 69.6 Å². The summed E-state index contributed by atoms with van der Waals surface area (Å²) in [5, 5.41) is 11.7. The Bertz CT molecular complexity index is 497. The lowest BCUT2D eigenvalue weighted by Crippen LogP contribution is -2.35. The first kappa shape index (κ1) is 14.8. The number of carboxylic acids is 1. The first-order valence-electron chi connectivity index (χ1n) is 6.00. The Labute approximate surface area is 112 Å². The molecule has 102 valence electrons. The number of amides is 2. The van der Waals surface area contributed by atoms with Crippen LogP contribution in [0.25, 0.3) is 0 Å². The lowest BCUT2D eigenvalue weighted by Gasteiger charge is -2.20. The second-order valence-electron chi connectivity index (χ2n) is 4.09. The number of hydrogen-bond acceptors (Lipinski definition) is 2. The van der Waals surface area contributed by atoms with Crippen LogP contribution in [0.1, 0.15) is 22.8 Å². The quantitative estimate of drug-likeness (QED) is 0.801. The summed E-state index contributed by atoms with van der Waals surface area (Å²) >= 11 is 0. The molecular weight excluding hydrogens is 244 g/mol. The maximum Gasteiger partial charge on any atom is 0.335 e. The molecular formula is C14H18N2O3. The Morgan fingerprint density at radius 3 is 2.68 bits per heavy atom. The number of benzene rings is 1. The molecule has 0 aliphatic rings. The zero-order valence-electron chi connectivity index (χ0n) is 11.1. The number of nitrogens with zero attached hydrogens (tertiary/aromatic N) is 1. The van der Waals surface area contributed by atoms with E-state index in [1.165, 1.54) is 12.1 Å². The molecule has 2 N–H and O–H groups in total. The van der Waals surface area contributed by atoms with Gasteiger partial charge in [0.15, 0.2) is 0 Å². The van der Waals surface area contributed by atoms with Crippen LogP contribution in [0.2, 0.25) is 0 Å². The highest BCUT2D eigenvalue weighted by atomic mass is 16.4. The van der Waals surface area contributed by atoms with Crippen molar-refractivity contribution in [2.75, 3.05) is 18.4 Å². The summed E-state index contributed by atoms with van der Waals surface area (Å²) in [6.07, 6.45) is 1.64. The van der Waals surface area contributed by atoms with Gasteiger partial charge in [0.1, 0.15) is 0 Å². The van der Waals surface area contributed by atoms with Crippen LogP contribution >= 0.6 is 0 Å². The monoisotopic (exact) mass is 262 g/mol. The normalized spacial score (nSPS) is 9.79. The van der Waals surface area contributed by atoms with E-state index in [0.717, 1.165) is 5.56 Å². The number of aryl methyl sites for hydroxylation is 1. The van der Waals surface area contributed by atoms with Crippen LogP contribution in [0.5, 0.6) is 0 Å². The molecule has 5 heteroatoms. The Morgan fingerprint density at radius 2 is 2.16 bits per heavy atom. The van der Waals surface area contributed by atoms with Gasteiger partial charge in [0.2, 0.25) is 0 Å². The predicted molar refractivity (Wildman–Crippen MR) is 74.6 cm³/mol. The highest BCUT2D eigenvalue weighted by molar-refractivity contribution is 5.94. The maximum atomic E-state index is 12.0. The van der Waals surface area contributed by atoms with Crippen molar-refractivity contribution in [2.24, 2.45) is 0 Å². The highest BCUT2D eigenvalue weighted by Gasteiger charge is 2.12. The Hall–Kier alpha value is -2.30. The lowest BCUT2D eigenvalue weighted by atomic mass is 10.1. The summed E-state index contributed by atoms with van der Waals surface area (Å²) in [6, 6.07) is 4.36. The molecule has 0 unspecified atom stereocenters. The van der Waals surface area contributed by atoms with Crippen LogP contribution in [0, 0.1) is 6.92 Å². The van der Waals surface area contributed by atoms with Gasteiger partial charge in [-0.3, -0.25) is 0 Å². The van der Waals surface area contributed by atoms with E-state index in [1.54, 1.807) is 17.0 Å². The van der Waals surface area contributed by atoms with Crippen molar-refractivity contribution in [2.45, 2.75) is 13.8 Å². The van der Waals surface area contributed by atoms with E-state index in [0.29, 0.717) is 18.8 Å². The van der Waals surface area contributed by atoms with E-state index in [2.05, 4.69) is 11.9 Å². The van der Waals surface area contributed by atoms with Crippen molar-refractivity contribution in [1.82, 2.24) is 4.90 Å². The number of aromatic carboxylic acids is 1. The van der Waals surface area contributed by atoms with Crippen LogP contribution in [0.3, 0.4) is 0 Å². The van der Waals surface area contributed by atoms with Crippen molar-refractivity contribution in [3.63, 3.8) is 0 Å². The van der Waals surface area contributed by atoms with Gasteiger partial charge >= 0.3 is 12.0 Å². The molecule has 0 saturated carbocycles. The van der Waals surface area contributed by atoms with Crippen molar-refractivity contribution >= 4 is 17.7 Å². The van der Waals surface area contributed by atoms with Crippen molar-refractivity contribution in [1.29, 1.82) is 0 Å². The average molecular weight is 262 g/mol. The minimum atomic E-state index is -1.02. The first-order chi connectivity index (χ1) is 8.99. The van der Waals surface area contributed by atoms with Crippen molar-refractivity contribution in [3.8, 4) is 0 Å². The third-order valence-electron chi connectivity index (χ3n) is 2.74. The molecule has 1 rings (SSSR count). The molecule has 1 aromatic rings. The summed E-state index contributed by atoms with van der Waals surface area (Å²) in [7, 11) is 0. The third kappa shape index (κ3) is 3.84. The van der Waals surface area contributed by atoms with Crippen molar-refractivity contribution < 1.29 is 14.7 Å². The number of carbonyl (C=O) groups excluding carboxylic acids is 1. The largest absolute Gasteiger partial charge is 0.478 e. The molecule has 0 bridgehead atoms. The number of anilines is 1. The minimum Gasteiger partial charge on any atom is -0.478 e. The van der Waals surface area contributed by atoms with Gasteiger partial charge < -0.3 is 15.3 Å². The van der Waals surface area contributed by atoms with E-state index in [4.69, 9.17) is 5.11 Å². The van der Waals surface area contributed by atoms with E-state index < -0.39 is 5.97 Å². The number of carboxylic acid groups (broad SMARTS) is 1. The van der Waals surface area contributed by atoms with Gasteiger partial charge in [-0.2, -0.15) is 0 Å². The smallest absolute Gasteiger partial charge is 0.335 e. The second kappa shape index (κ2) is 6.58. The number of rotatable bonds is 5. The molecule has 5 nitrogen and oxygen atoms in total. The second-order valence-corrected chi connectivity index (χ2v) is 4.09. The number of likely N-dealkylation sites (N-methyl/N-ethyl adjacent to an activating group) is 1. The van der Waals surface area contributed by atoms with Gasteiger partial charge in [-0.05, 0) is 31.5 Å². The predicted octanol–water partition coefficient (Wildman–Crippen LogP) is 2.73. The van der Waals surface area contributed by atoms with E-state index in [1.807, 2.05) is 13.8 Å². The molecule has 0 fully saturated rings.